The van der Waals surface area contributed by atoms with Crippen molar-refractivity contribution in [2.24, 2.45) is 5.92 Å². The summed E-state index contributed by atoms with van der Waals surface area (Å²) in [4.78, 5) is 23.3. The fraction of sp³-hybridized carbons (Fsp3) is 0.417. The number of H-pyrrole nitrogens is 1. The molecular weight excluding hydrogens is 460 g/mol. The molecule has 0 aliphatic carbocycles. The van der Waals surface area contributed by atoms with Crippen LogP contribution in [0.3, 0.4) is 0 Å². The number of sulfonamides is 1. The summed E-state index contributed by atoms with van der Waals surface area (Å²) in [6.07, 6.45) is 3.49. The Morgan fingerprint density at radius 3 is 2.70 bits per heavy atom. The average molecular weight is 487 g/mol. The highest BCUT2D eigenvalue weighted by Crippen LogP contribution is 2.34. The molecule has 3 aromatic rings. The number of piperidine rings is 1. The largest absolute Gasteiger partial charge is 0.340 e. The third-order valence-electron chi connectivity index (χ3n) is 6.65. The van der Waals surface area contributed by atoms with E-state index in [9.17, 15) is 13.2 Å². The smallest absolute Gasteiger partial charge is 0.254 e. The van der Waals surface area contributed by atoms with Crippen molar-refractivity contribution in [1.82, 2.24) is 19.2 Å². The number of carbonyl (C=O) groups is 1. The van der Waals surface area contributed by atoms with Gasteiger partial charge < -0.3 is 9.88 Å². The second-order valence-corrected chi connectivity index (χ2v) is 11.4. The first-order chi connectivity index (χ1) is 15.8. The second-order valence-electron chi connectivity index (χ2n) is 9.05. The SMILES string of the molecule is CC1CCCN(S(=O)(=O)c2cc(C(=O)N3CCCC3c3nc4ccccc4[nH]3)ccc2Cl)C1. The topological polar surface area (TPSA) is 86.4 Å². The Hall–Kier alpha value is -2.42. The highest BCUT2D eigenvalue weighted by Gasteiger charge is 2.35. The van der Waals surface area contributed by atoms with Gasteiger partial charge in [0.15, 0.2) is 0 Å². The van der Waals surface area contributed by atoms with Gasteiger partial charge in [0.1, 0.15) is 10.7 Å². The van der Waals surface area contributed by atoms with Crippen LogP contribution in [0, 0.1) is 5.92 Å². The molecule has 2 atom stereocenters. The molecule has 2 fully saturated rings. The van der Waals surface area contributed by atoms with Crippen LogP contribution in [0.25, 0.3) is 11.0 Å². The van der Waals surface area contributed by atoms with E-state index in [-0.39, 0.29) is 21.9 Å². The molecule has 2 aliphatic rings. The minimum absolute atomic E-state index is 0.00333. The number of aromatic nitrogens is 2. The van der Waals surface area contributed by atoms with Gasteiger partial charge in [0, 0.05) is 25.2 Å². The number of para-hydroxylation sites is 2. The highest BCUT2D eigenvalue weighted by atomic mass is 35.5. The minimum atomic E-state index is -3.78. The molecule has 1 aromatic heterocycles. The Labute approximate surface area is 198 Å². The van der Waals surface area contributed by atoms with Gasteiger partial charge >= 0.3 is 0 Å². The van der Waals surface area contributed by atoms with Crippen LogP contribution in [0.15, 0.2) is 47.4 Å². The lowest BCUT2D eigenvalue weighted by atomic mass is 10.0. The van der Waals surface area contributed by atoms with Crippen molar-refractivity contribution in [3.05, 3.63) is 58.9 Å². The van der Waals surface area contributed by atoms with E-state index in [1.54, 1.807) is 11.0 Å². The Balaban J connectivity index is 1.45. The van der Waals surface area contributed by atoms with Crippen LogP contribution in [0.5, 0.6) is 0 Å². The summed E-state index contributed by atoms with van der Waals surface area (Å²) in [5.41, 5.74) is 2.12. The lowest BCUT2D eigenvalue weighted by Gasteiger charge is -2.30. The van der Waals surface area contributed by atoms with Crippen molar-refractivity contribution in [2.75, 3.05) is 19.6 Å². The van der Waals surface area contributed by atoms with Gasteiger partial charge in [-0.25, -0.2) is 13.4 Å². The first kappa shape index (κ1) is 22.4. The number of fused-ring (bicyclic) bond motifs is 1. The number of hydrogen-bond donors (Lipinski definition) is 1. The quantitative estimate of drug-likeness (QED) is 0.583. The molecular formula is C24H27ClN4O3S. The van der Waals surface area contributed by atoms with E-state index in [4.69, 9.17) is 11.6 Å². The van der Waals surface area contributed by atoms with Crippen LogP contribution in [0.2, 0.25) is 5.02 Å². The Morgan fingerprint density at radius 2 is 1.91 bits per heavy atom. The van der Waals surface area contributed by atoms with Crippen LogP contribution in [-0.4, -0.2) is 53.1 Å². The average Bonchev–Trinajstić information content (AvgIpc) is 3.45. The molecule has 1 N–H and O–H groups in total. The number of benzene rings is 2. The number of likely N-dealkylation sites (tertiary alicyclic amines) is 1. The molecule has 0 bridgehead atoms. The first-order valence-corrected chi connectivity index (χ1v) is 13.2. The summed E-state index contributed by atoms with van der Waals surface area (Å²) in [6, 6.07) is 12.2. The van der Waals surface area contributed by atoms with Gasteiger partial charge in [0.25, 0.3) is 5.91 Å². The molecule has 174 valence electrons. The van der Waals surface area contributed by atoms with Crippen LogP contribution >= 0.6 is 11.6 Å². The minimum Gasteiger partial charge on any atom is -0.340 e. The lowest BCUT2D eigenvalue weighted by Crippen LogP contribution is -2.39. The number of halogens is 1. The molecule has 0 saturated carbocycles. The Bertz CT molecular complexity index is 1270. The maximum absolute atomic E-state index is 13.5. The number of imidazole rings is 1. The molecule has 0 radical (unpaired) electrons. The van der Waals surface area contributed by atoms with E-state index in [0.29, 0.717) is 31.1 Å². The summed E-state index contributed by atoms with van der Waals surface area (Å²) < 4.78 is 28.2. The maximum atomic E-state index is 13.5. The summed E-state index contributed by atoms with van der Waals surface area (Å²) in [7, 11) is -3.78. The Morgan fingerprint density at radius 1 is 1.12 bits per heavy atom. The predicted molar refractivity (Wildman–Crippen MR) is 128 cm³/mol. The van der Waals surface area contributed by atoms with Gasteiger partial charge in [-0.2, -0.15) is 4.31 Å². The van der Waals surface area contributed by atoms with Crippen LogP contribution < -0.4 is 0 Å². The molecule has 9 heteroatoms. The fourth-order valence-corrected chi connectivity index (χ4v) is 7.03. The van der Waals surface area contributed by atoms with E-state index >= 15 is 0 Å². The molecule has 2 unspecified atom stereocenters. The molecule has 33 heavy (non-hydrogen) atoms. The molecule has 3 heterocycles. The van der Waals surface area contributed by atoms with Crippen molar-refractivity contribution in [3.63, 3.8) is 0 Å². The molecule has 2 aromatic carbocycles. The van der Waals surface area contributed by atoms with Crippen molar-refractivity contribution < 1.29 is 13.2 Å². The first-order valence-electron chi connectivity index (χ1n) is 11.4. The standard InChI is InChI=1S/C24H27ClN4O3S/c1-16-6-4-12-28(15-16)33(31,32)22-14-17(10-11-18(22)25)24(30)29-13-5-9-21(29)23-26-19-7-2-3-8-20(19)27-23/h2-3,7-8,10-11,14,16,21H,4-6,9,12-13,15H2,1H3,(H,26,27). The monoisotopic (exact) mass is 486 g/mol. The Kier molecular flexibility index (Phi) is 5.93. The summed E-state index contributed by atoms with van der Waals surface area (Å²) >= 11 is 6.32. The van der Waals surface area contributed by atoms with Gasteiger partial charge in [0.2, 0.25) is 10.0 Å². The molecule has 2 aliphatic heterocycles. The summed E-state index contributed by atoms with van der Waals surface area (Å²) in [5, 5.41) is 0.139. The van der Waals surface area contributed by atoms with Gasteiger partial charge in [-0.3, -0.25) is 4.79 Å². The summed E-state index contributed by atoms with van der Waals surface area (Å²) in [6.45, 7) is 3.59. The van der Waals surface area contributed by atoms with Gasteiger partial charge in [0.05, 0.1) is 22.1 Å². The number of carbonyl (C=O) groups excluding carboxylic acids is 1. The highest BCUT2D eigenvalue weighted by molar-refractivity contribution is 7.89. The van der Waals surface area contributed by atoms with Crippen molar-refractivity contribution >= 4 is 38.6 Å². The number of hydrogen-bond acceptors (Lipinski definition) is 4. The lowest BCUT2D eigenvalue weighted by molar-refractivity contribution is 0.0730. The third-order valence-corrected chi connectivity index (χ3v) is 9.00. The number of aromatic amines is 1. The maximum Gasteiger partial charge on any atom is 0.254 e. The van der Waals surface area contributed by atoms with Crippen molar-refractivity contribution in [2.45, 2.75) is 43.5 Å². The van der Waals surface area contributed by atoms with Crippen LogP contribution in [-0.2, 0) is 10.0 Å². The molecule has 0 spiro atoms. The molecule has 1 amide bonds. The zero-order chi connectivity index (χ0) is 23.2. The zero-order valence-corrected chi connectivity index (χ0v) is 20.1. The van der Waals surface area contributed by atoms with Gasteiger partial charge in [-0.1, -0.05) is 30.7 Å². The van der Waals surface area contributed by atoms with Crippen LogP contribution in [0.4, 0.5) is 0 Å². The molecule has 5 rings (SSSR count). The van der Waals surface area contributed by atoms with Gasteiger partial charge in [-0.05, 0) is 61.9 Å². The van der Waals surface area contributed by atoms with Crippen molar-refractivity contribution in [1.29, 1.82) is 0 Å². The zero-order valence-electron chi connectivity index (χ0n) is 18.5. The van der Waals surface area contributed by atoms with E-state index < -0.39 is 10.0 Å². The van der Waals surface area contributed by atoms with E-state index in [1.807, 2.05) is 24.3 Å². The van der Waals surface area contributed by atoms with E-state index in [2.05, 4.69) is 16.9 Å². The predicted octanol–water partition coefficient (Wildman–Crippen LogP) is 4.61. The third kappa shape index (κ3) is 4.16. The fourth-order valence-electron chi connectivity index (χ4n) is 4.93. The van der Waals surface area contributed by atoms with E-state index in [0.717, 1.165) is 42.5 Å². The number of amides is 1. The van der Waals surface area contributed by atoms with E-state index in [1.165, 1.54) is 16.4 Å². The second kappa shape index (κ2) is 8.74. The number of nitrogens with one attached hydrogen (secondary N) is 1. The summed E-state index contributed by atoms with van der Waals surface area (Å²) in [5.74, 6) is 0.843. The molecule has 2 saturated heterocycles. The normalized spacial score (nSPS) is 22.2. The molecule has 7 nitrogen and oxygen atoms in total. The number of nitrogens with zero attached hydrogens (tertiary/aromatic N) is 3. The van der Waals surface area contributed by atoms with Gasteiger partial charge in [-0.15, -0.1) is 0 Å². The van der Waals surface area contributed by atoms with Crippen molar-refractivity contribution in [3.8, 4) is 0 Å². The number of rotatable bonds is 4. The van der Waals surface area contributed by atoms with Crippen LogP contribution in [0.1, 0.15) is 54.8 Å².